The van der Waals surface area contributed by atoms with Crippen molar-refractivity contribution >= 4 is 23.4 Å². The van der Waals surface area contributed by atoms with Crippen molar-refractivity contribution < 1.29 is 4.74 Å². The molecule has 0 saturated carbocycles. The first-order valence-corrected chi connectivity index (χ1v) is 7.73. The summed E-state index contributed by atoms with van der Waals surface area (Å²) >= 11 is 7.12. The van der Waals surface area contributed by atoms with Crippen molar-refractivity contribution in [3.8, 4) is 6.01 Å². The summed E-state index contributed by atoms with van der Waals surface area (Å²) in [7, 11) is 0. The van der Waals surface area contributed by atoms with Crippen molar-refractivity contribution in [1.29, 1.82) is 0 Å². The van der Waals surface area contributed by atoms with Crippen molar-refractivity contribution in [1.82, 2.24) is 24.9 Å². The van der Waals surface area contributed by atoms with E-state index in [1.165, 1.54) is 11.8 Å². The number of aryl methyl sites for hydroxylation is 2. The third-order valence-corrected chi connectivity index (χ3v) is 3.70. The number of ether oxygens (including phenoxy) is 1. The van der Waals surface area contributed by atoms with Crippen LogP contribution in [0.3, 0.4) is 0 Å². The summed E-state index contributed by atoms with van der Waals surface area (Å²) in [6.07, 6.45) is 0.866. The first-order valence-electron chi connectivity index (χ1n) is 6.53. The van der Waals surface area contributed by atoms with Gasteiger partial charge in [-0.05, 0) is 56.1 Å². The molecular weight excluding hydrogens is 310 g/mol. The molecule has 0 unspecified atom stereocenters. The summed E-state index contributed by atoms with van der Waals surface area (Å²) in [6.45, 7) is 8.43. The zero-order valence-electron chi connectivity index (χ0n) is 12.3. The van der Waals surface area contributed by atoms with Crippen LogP contribution in [0, 0.1) is 20.8 Å². The van der Waals surface area contributed by atoms with E-state index >= 15 is 0 Å². The quantitative estimate of drug-likeness (QED) is 0.781. The lowest BCUT2D eigenvalue weighted by atomic mass is 10.2. The lowest BCUT2D eigenvalue weighted by Crippen LogP contribution is -2.03. The first kappa shape index (κ1) is 15.9. The Morgan fingerprint density at radius 1 is 0.952 bits per heavy atom. The van der Waals surface area contributed by atoms with E-state index in [2.05, 4.69) is 24.9 Å². The van der Waals surface area contributed by atoms with E-state index in [4.69, 9.17) is 16.3 Å². The minimum absolute atomic E-state index is 0.0964. The van der Waals surface area contributed by atoms with Gasteiger partial charge in [-0.15, -0.1) is 0 Å². The summed E-state index contributed by atoms with van der Waals surface area (Å²) in [5.41, 5.74) is 2.96. The Balaban J connectivity index is 2.24. The van der Waals surface area contributed by atoms with Crippen molar-refractivity contribution in [3.63, 3.8) is 0 Å². The Hall–Kier alpha value is -1.47. The van der Waals surface area contributed by atoms with Gasteiger partial charge < -0.3 is 4.74 Å². The number of rotatable bonds is 5. The van der Waals surface area contributed by atoms with E-state index in [0.29, 0.717) is 16.9 Å². The fourth-order valence-electron chi connectivity index (χ4n) is 1.49. The molecule has 8 heteroatoms. The van der Waals surface area contributed by atoms with E-state index in [9.17, 15) is 0 Å². The van der Waals surface area contributed by atoms with Gasteiger partial charge in [-0.1, -0.05) is 6.92 Å². The number of aromatic nitrogens is 5. The van der Waals surface area contributed by atoms with Crippen LogP contribution in [-0.4, -0.2) is 31.5 Å². The van der Waals surface area contributed by atoms with E-state index in [1.54, 1.807) is 0 Å². The highest BCUT2D eigenvalue weighted by molar-refractivity contribution is 7.99. The van der Waals surface area contributed by atoms with Gasteiger partial charge in [0.25, 0.3) is 0 Å². The molecule has 2 aromatic rings. The molecule has 0 aromatic carbocycles. The largest absolute Gasteiger partial charge is 0.463 e. The van der Waals surface area contributed by atoms with Crippen molar-refractivity contribution in [2.45, 2.75) is 44.4 Å². The third kappa shape index (κ3) is 4.25. The Morgan fingerprint density at radius 3 is 2.19 bits per heavy atom. The Morgan fingerprint density at radius 2 is 1.57 bits per heavy atom. The van der Waals surface area contributed by atoms with Gasteiger partial charge in [-0.3, -0.25) is 0 Å². The van der Waals surface area contributed by atoms with Gasteiger partial charge in [-0.25, -0.2) is 9.97 Å². The van der Waals surface area contributed by atoms with Gasteiger partial charge in [0.15, 0.2) is 5.16 Å². The van der Waals surface area contributed by atoms with Gasteiger partial charge >= 0.3 is 6.01 Å². The summed E-state index contributed by atoms with van der Waals surface area (Å²) in [5.74, 6) is 0. The number of halogens is 1. The molecule has 0 bridgehead atoms. The average Bonchev–Trinajstić information content (AvgIpc) is 2.42. The molecule has 0 spiro atoms. The third-order valence-electron chi connectivity index (χ3n) is 2.80. The molecule has 2 heterocycles. The summed E-state index contributed by atoms with van der Waals surface area (Å²) in [4.78, 5) is 21.0. The maximum absolute atomic E-state index is 5.89. The Kier molecular flexibility index (Phi) is 5.30. The fraction of sp³-hybridized carbons (Fsp3) is 0.462. The molecule has 0 radical (unpaired) electrons. The fourth-order valence-corrected chi connectivity index (χ4v) is 2.47. The molecule has 112 valence electrons. The SMILES string of the molecule is CCCOc1nc(Cl)nc(Sc2nc(C)c(C)c(C)n2)n1. The van der Waals surface area contributed by atoms with E-state index in [0.717, 1.165) is 23.4 Å². The highest BCUT2D eigenvalue weighted by Gasteiger charge is 2.11. The first-order chi connectivity index (χ1) is 9.99. The standard InChI is InChI=1S/C13H16ClN5OS/c1-5-6-20-11-17-10(14)18-13(19-11)21-12-15-8(3)7(2)9(4)16-12/h5-6H2,1-4H3. The van der Waals surface area contributed by atoms with Crippen LogP contribution < -0.4 is 4.74 Å². The molecule has 21 heavy (non-hydrogen) atoms. The lowest BCUT2D eigenvalue weighted by molar-refractivity contribution is 0.288. The maximum Gasteiger partial charge on any atom is 0.321 e. The second kappa shape index (κ2) is 7.00. The van der Waals surface area contributed by atoms with Crippen LogP contribution in [-0.2, 0) is 0 Å². The van der Waals surface area contributed by atoms with Crippen molar-refractivity contribution in [3.05, 3.63) is 22.2 Å². The number of nitrogens with zero attached hydrogens (tertiary/aromatic N) is 5. The molecule has 6 nitrogen and oxygen atoms in total. The van der Waals surface area contributed by atoms with Gasteiger partial charge in [0.2, 0.25) is 10.4 Å². The van der Waals surface area contributed by atoms with Gasteiger partial charge in [-0.2, -0.15) is 15.0 Å². The van der Waals surface area contributed by atoms with Crippen LogP contribution >= 0.6 is 23.4 Å². The topological polar surface area (TPSA) is 73.7 Å². The predicted molar refractivity (Wildman–Crippen MR) is 81.0 cm³/mol. The lowest BCUT2D eigenvalue weighted by Gasteiger charge is -2.07. The highest BCUT2D eigenvalue weighted by Crippen LogP contribution is 2.24. The van der Waals surface area contributed by atoms with E-state index < -0.39 is 0 Å². The van der Waals surface area contributed by atoms with Crippen LogP contribution in [0.25, 0.3) is 0 Å². The molecule has 0 aliphatic rings. The molecule has 2 aromatic heterocycles. The molecule has 0 amide bonds. The Labute approximate surface area is 132 Å². The molecule has 0 fully saturated rings. The zero-order chi connectivity index (χ0) is 15.4. The van der Waals surface area contributed by atoms with Gasteiger partial charge in [0, 0.05) is 11.4 Å². The average molecular weight is 326 g/mol. The minimum Gasteiger partial charge on any atom is -0.463 e. The molecule has 0 atom stereocenters. The zero-order valence-corrected chi connectivity index (χ0v) is 13.9. The van der Waals surface area contributed by atoms with Gasteiger partial charge in [0.05, 0.1) is 6.61 Å². The molecular formula is C13H16ClN5OS. The Bertz CT molecular complexity index is 629. The monoisotopic (exact) mass is 325 g/mol. The van der Waals surface area contributed by atoms with Crippen LogP contribution in [0.2, 0.25) is 5.28 Å². The molecule has 0 aliphatic carbocycles. The number of hydrogen-bond acceptors (Lipinski definition) is 7. The van der Waals surface area contributed by atoms with E-state index in [-0.39, 0.29) is 11.3 Å². The minimum atomic E-state index is 0.0964. The van der Waals surface area contributed by atoms with Crippen molar-refractivity contribution in [2.24, 2.45) is 0 Å². The molecule has 0 N–H and O–H groups in total. The van der Waals surface area contributed by atoms with Crippen LogP contribution in [0.5, 0.6) is 6.01 Å². The predicted octanol–water partition coefficient (Wildman–Crippen LogP) is 3.18. The summed E-state index contributed by atoms with van der Waals surface area (Å²) < 4.78 is 5.38. The highest BCUT2D eigenvalue weighted by atomic mass is 35.5. The van der Waals surface area contributed by atoms with E-state index in [1.807, 2.05) is 27.7 Å². The second-order valence-corrected chi connectivity index (χ2v) is 5.69. The normalized spacial score (nSPS) is 10.7. The van der Waals surface area contributed by atoms with Gasteiger partial charge in [0.1, 0.15) is 0 Å². The van der Waals surface area contributed by atoms with Crippen LogP contribution in [0.1, 0.15) is 30.3 Å². The summed E-state index contributed by atoms with van der Waals surface area (Å²) in [5, 5.41) is 1.10. The van der Waals surface area contributed by atoms with Crippen LogP contribution in [0.15, 0.2) is 10.3 Å². The molecule has 0 aliphatic heterocycles. The summed E-state index contributed by atoms with van der Waals surface area (Å²) in [6, 6.07) is 0.222. The maximum atomic E-state index is 5.89. The molecule has 2 rings (SSSR count). The molecule has 0 saturated heterocycles. The number of hydrogen-bond donors (Lipinski definition) is 0. The smallest absolute Gasteiger partial charge is 0.321 e. The second-order valence-electron chi connectivity index (χ2n) is 4.42. The van der Waals surface area contributed by atoms with Crippen LogP contribution in [0.4, 0.5) is 0 Å². The van der Waals surface area contributed by atoms with Crippen molar-refractivity contribution in [2.75, 3.05) is 6.61 Å².